The van der Waals surface area contributed by atoms with E-state index in [0.717, 1.165) is 24.3 Å². The van der Waals surface area contributed by atoms with Crippen molar-refractivity contribution in [3.63, 3.8) is 0 Å². The first-order chi connectivity index (χ1) is 8.91. The molecule has 0 saturated heterocycles. The third-order valence-corrected chi connectivity index (χ3v) is 3.81. The van der Waals surface area contributed by atoms with Gasteiger partial charge in [0.05, 0.1) is 12.7 Å². The molecular formula is C16H27NO2. The zero-order valence-corrected chi connectivity index (χ0v) is 12.8. The van der Waals surface area contributed by atoms with Crippen molar-refractivity contribution in [1.29, 1.82) is 0 Å². The second-order valence-electron chi connectivity index (χ2n) is 5.65. The summed E-state index contributed by atoms with van der Waals surface area (Å²) in [5.41, 5.74) is 0.450. The van der Waals surface area contributed by atoms with Crippen molar-refractivity contribution < 1.29 is 9.84 Å². The molecule has 0 aliphatic carbocycles. The molecule has 0 aromatic heterocycles. The normalized spacial score (nSPS) is 16.2. The van der Waals surface area contributed by atoms with Crippen molar-refractivity contribution in [2.45, 2.75) is 32.3 Å². The van der Waals surface area contributed by atoms with E-state index < -0.39 is 5.60 Å². The fourth-order valence-corrected chi connectivity index (χ4v) is 2.50. The van der Waals surface area contributed by atoms with Crippen LogP contribution in [0.3, 0.4) is 0 Å². The van der Waals surface area contributed by atoms with Gasteiger partial charge in [-0.05, 0) is 44.1 Å². The summed E-state index contributed by atoms with van der Waals surface area (Å²) >= 11 is 0. The molecule has 3 heteroatoms. The molecule has 2 atom stereocenters. The topological polar surface area (TPSA) is 32.7 Å². The summed E-state index contributed by atoms with van der Waals surface area (Å²) in [5, 5.41) is 10.9. The van der Waals surface area contributed by atoms with Gasteiger partial charge in [0.1, 0.15) is 5.75 Å². The third-order valence-electron chi connectivity index (χ3n) is 3.81. The lowest BCUT2D eigenvalue weighted by Gasteiger charge is -2.35. The van der Waals surface area contributed by atoms with Gasteiger partial charge in [-0.1, -0.05) is 26.0 Å². The van der Waals surface area contributed by atoms with Gasteiger partial charge in [-0.15, -0.1) is 0 Å². The highest BCUT2D eigenvalue weighted by molar-refractivity contribution is 5.29. The molecule has 0 spiro atoms. The van der Waals surface area contributed by atoms with Crippen molar-refractivity contribution in [1.82, 2.24) is 4.90 Å². The Labute approximate surface area is 117 Å². The molecule has 1 N–H and O–H groups in total. The van der Waals surface area contributed by atoms with Crippen molar-refractivity contribution in [3.05, 3.63) is 29.8 Å². The molecule has 0 aliphatic heterocycles. The fraction of sp³-hybridized carbons (Fsp3) is 0.625. The molecule has 0 aliphatic rings. The lowest BCUT2D eigenvalue weighted by Crippen LogP contribution is -2.42. The molecule has 1 aromatic carbocycles. The number of rotatable bonds is 7. The Kier molecular flexibility index (Phi) is 5.83. The number of hydrogen-bond donors (Lipinski definition) is 1. The monoisotopic (exact) mass is 265 g/mol. The molecule has 0 saturated carbocycles. The van der Waals surface area contributed by atoms with Crippen LogP contribution in [0, 0.1) is 5.92 Å². The van der Waals surface area contributed by atoms with E-state index in [1.54, 1.807) is 7.11 Å². The number of hydrogen-bond acceptors (Lipinski definition) is 3. The van der Waals surface area contributed by atoms with Crippen LogP contribution in [0.2, 0.25) is 0 Å². The molecule has 0 bridgehead atoms. The minimum absolute atomic E-state index is 0.221. The Morgan fingerprint density at radius 2 is 2.05 bits per heavy atom. The first-order valence-corrected chi connectivity index (χ1v) is 6.91. The van der Waals surface area contributed by atoms with Gasteiger partial charge < -0.3 is 14.7 Å². The van der Waals surface area contributed by atoms with Crippen molar-refractivity contribution in [2.75, 3.05) is 27.7 Å². The Morgan fingerprint density at radius 1 is 1.37 bits per heavy atom. The average molecular weight is 265 g/mol. The zero-order valence-electron chi connectivity index (χ0n) is 12.8. The summed E-state index contributed by atoms with van der Waals surface area (Å²) in [4.78, 5) is 2.12. The van der Waals surface area contributed by atoms with Crippen molar-refractivity contribution in [2.24, 2.45) is 5.92 Å². The Balaban J connectivity index is 2.84. The van der Waals surface area contributed by atoms with E-state index in [2.05, 4.69) is 11.8 Å². The molecule has 1 rings (SSSR count). The standard InChI is InChI=1S/C16H27NO2/c1-6-16(18,13(2)12-17(3)4)11-14-8-7-9-15(10-14)19-5/h7-10,13,18H,6,11-12H2,1-5H3/t13-,16-/m0/s1. The molecule has 0 heterocycles. The molecule has 0 radical (unpaired) electrons. The lowest BCUT2D eigenvalue weighted by molar-refractivity contribution is -0.0232. The van der Waals surface area contributed by atoms with Crippen LogP contribution >= 0.6 is 0 Å². The first-order valence-electron chi connectivity index (χ1n) is 6.91. The van der Waals surface area contributed by atoms with Crippen LogP contribution in [-0.2, 0) is 6.42 Å². The molecule has 108 valence electrons. The van der Waals surface area contributed by atoms with Crippen LogP contribution in [0.5, 0.6) is 5.75 Å². The van der Waals surface area contributed by atoms with Crippen molar-refractivity contribution >= 4 is 0 Å². The Morgan fingerprint density at radius 3 is 2.58 bits per heavy atom. The summed E-state index contributed by atoms with van der Waals surface area (Å²) in [6.07, 6.45) is 1.41. The highest BCUT2D eigenvalue weighted by atomic mass is 16.5. The predicted octanol–water partition coefficient (Wildman–Crippen LogP) is 2.58. The maximum atomic E-state index is 10.9. The fourth-order valence-electron chi connectivity index (χ4n) is 2.50. The number of benzene rings is 1. The zero-order chi connectivity index (χ0) is 14.5. The Bertz CT molecular complexity index is 392. The van der Waals surface area contributed by atoms with Crippen LogP contribution < -0.4 is 4.74 Å². The summed E-state index contributed by atoms with van der Waals surface area (Å²) in [5.74, 6) is 1.06. The van der Waals surface area contributed by atoms with E-state index in [1.165, 1.54) is 0 Å². The van der Waals surface area contributed by atoms with Gasteiger partial charge in [0.25, 0.3) is 0 Å². The van der Waals surface area contributed by atoms with Gasteiger partial charge >= 0.3 is 0 Å². The van der Waals surface area contributed by atoms with Gasteiger partial charge in [-0.2, -0.15) is 0 Å². The third kappa shape index (κ3) is 4.51. The van der Waals surface area contributed by atoms with E-state index in [4.69, 9.17) is 4.74 Å². The van der Waals surface area contributed by atoms with Crippen LogP contribution in [0.15, 0.2) is 24.3 Å². The van der Waals surface area contributed by atoms with E-state index >= 15 is 0 Å². The second kappa shape index (κ2) is 6.92. The molecule has 3 nitrogen and oxygen atoms in total. The van der Waals surface area contributed by atoms with Crippen LogP contribution in [0.4, 0.5) is 0 Å². The van der Waals surface area contributed by atoms with Crippen LogP contribution in [0.25, 0.3) is 0 Å². The average Bonchev–Trinajstić information content (AvgIpc) is 2.38. The maximum Gasteiger partial charge on any atom is 0.119 e. The number of aliphatic hydroxyl groups is 1. The quantitative estimate of drug-likeness (QED) is 0.822. The van der Waals surface area contributed by atoms with Gasteiger partial charge in [0.2, 0.25) is 0 Å². The number of nitrogens with zero attached hydrogens (tertiary/aromatic N) is 1. The smallest absolute Gasteiger partial charge is 0.119 e. The molecular weight excluding hydrogens is 238 g/mol. The van der Waals surface area contributed by atoms with Gasteiger partial charge in [-0.3, -0.25) is 0 Å². The second-order valence-corrected chi connectivity index (χ2v) is 5.65. The summed E-state index contributed by atoms with van der Waals surface area (Å²) in [7, 11) is 5.75. The van der Waals surface area contributed by atoms with Crippen LogP contribution in [0.1, 0.15) is 25.8 Å². The van der Waals surface area contributed by atoms with E-state index in [9.17, 15) is 5.11 Å². The highest BCUT2D eigenvalue weighted by Gasteiger charge is 2.32. The predicted molar refractivity (Wildman–Crippen MR) is 79.7 cm³/mol. The molecule has 19 heavy (non-hydrogen) atoms. The summed E-state index contributed by atoms with van der Waals surface area (Å²) < 4.78 is 5.24. The maximum absolute atomic E-state index is 10.9. The van der Waals surface area contributed by atoms with Gasteiger partial charge in [0, 0.05) is 13.0 Å². The number of ether oxygens (including phenoxy) is 1. The molecule has 0 unspecified atom stereocenters. The van der Waals surface area contributed by atoms with E-state index in [-0.39, 0.29) is 5.92 Å². The lowest BCUT2D eigenvalue weighted by atomic mass is 9.81. The van der Waals surface area contributed by atoms with Gasteiger partial charge in [0.15, 0.2) is 0 Å². The Hall–Kier alpha value is -1.06. The summed E-state index contributed by atoms with van der Waals surface area (Å²) in [6, 6.07) is 7.95. The number of methoxy groups -OCH3 is 1. The molecule has 1 aromatic rings. The molecule has 0 fully saturated rings. The minimum Gasteiger partial charge on any atom is -0.497 e. The highest BCUT2D eigenvalue weighted by Crippen LogP contribution is 2.27. The first kappa shape index (κ1) is 16.0. The summed E-state index contributed by atoms with van der Waals surface area (Å²) in [6.45, 7) is 5.05. The molecule has 0 amide bonds. The largest absolute Gasteiger partial charge is 0.497 e. The van der Waals surface area contributed by atoms with Crippen LogP contribution in [-0.4, -0.2) is 43.4 Å². The van der Waals surface area contributed by atoms with Gasteiger partial charge in [-0.25, -0.2) is 0 Å². The van der Waals surface area contributed by atoms with Crippen molar-refractivity contribution in [3.8, 4) is 5.75 Å². The van der Waals surface area contributed by atoms with E-state index in [1.807, 2.05) is 45.3 Å². The minimum atomic E-state index is -0.670. The van der Waals surface area contributed by atoms with E-state index in [0.29, 0.717) is 6.42 Å². The SMILES string of the molecule is CC[C@](O)(Cc1cccc(OC)c1)[C@@H](C)CN(C)C.